The minimum absolute atomic E-state index is 0.111. The molecule has 1 N–H and O–H groups in total. The topological polar surface area (TPSA) is 64.1 Å². The van der Waals surface area contributed by atoms with Crippen molar-refractivity contribution in [1.29, 1.82) is 0 Å². The van der Waals surface area contributed by atoms with Crippen molar-refractivity contribution in [1.82, 2.24) is 14.3 Å². The predicted octanol–water partition coefficient (Wildman–Crippen LogP) is 1.69. The summed E-state index contributed by atoms with van der Waals surface area (Å²) < 4.78 is 14.5. The number of hydrazine groups is 1. The second kappa shape index (κ2) is 7.34. The molecule has 1 amide bonds. The monoisotopic (exact) mass is 383 g/mol. The van der Waals surface area contributed by atoms with Gasteiger partial charge in [-0.3, -0.25) is 9.10 Å². The van der Waals surface area contributed by atoms with E-state index in [-0.39, 0.29) is 23.1 Å². The number of carbonyl (C=O) groups excluding carboxylic acids is 1. The lowest BCUT2D eigenvalue weighted by molar-refractivity contribution is -0.148. The van der Waals surface area contributed by atoms with E-state index in [0.717, 1.165) is 25.7 Å². The third-order valence-electron chi connectivity index (χ3n) is 5.82. The molecular formula is C19H33N3O3S. The molecule has 0 spiro atoms. The quantitative estimate of drug-likeness (QED) is 0.752. The van der Waals surface area contributed by atoms with E-state index in [1.807, 2.05) is 57.0 Å². The van der Waals surface area contributed by atoms with Crippen molar-refractivity contribution in [3.8, 4) is 0 Å². The minimum Gasteiger partial charge on any atom is -0.391 e. The van der Waals surface area contributed by atoms with Crippen molar-refractivity contribution in [2.45, 2.75) is 81.9 Å². The maximum absolute atomic E-state index is 13.2. The lowest BCUT2D eigenvalue weighted by atomic mass is 9.81. The molecule has 3 aliphatic rings. The van der Waals surface area contributed by atoms with Gasteiger partial charge in [0, 0.05) is 19.6 Å². The van der Waals surface area contributed by atoms with Crippen LogP contribution in [0.2, 0.25) is 0 Å². The van der Waals surface area contributed by atoms with E-state index < -0.39 is 28.7 Å². The average molecular weight is 384 g/mol. The first kappa shape index (κ1) is 20.0. The summed E-state index contributed by atoms with van der Waals surface area (Å²) in [5.74, 6) is 0.151. The molecule has 5 atom stereocenters. The summed E-state index contributed by atoms with van der Waals surface area (Å²) in [4.78, 5) is 13.2. The van der Waals surface area contributed by atoms with Crippen molar-refractivity contribution in [3.63, 3.8) is 0 Å². The zero-order valence-electron chi connectivity index (χ0n) is 16.6. The highest BCUT2D eigenvalue weighted by molar-refractivity contribution is 7.84. The van der Waals surface area contributed by atoms with Gasteiger partial charge in [-0.2, -0.15) is 0 Å². The zero-order valence-corrected chi connectivity index (χ0v) is 17.4. The van der Waals surface area contributed by atoms with Gasteiger partial charge in [-0.25, -0.2) is 14.2 Å². The van der Waals surface area contributed by atoms with Gasteiger partial charge in [-0.15, -0.1) is 0 Å². The number of nitrogens with zero attached hydrogens (tertiary/aromatic N) is 3. The smallest absolute Gasteiger partial charge is 0.255 e. The van der Waals surface area contributed by atoms with Crippen molar-refractivity contribution < 1.29 is 14.1 Å². The van der Waals surface area contributed by atoms with Crippen LogP contribution >= 0.6 is 0 Å². The van der Waals surface area contributed by atoms with Gasteiger partial charge < -0.3 is 5.11 Å². The summed E-state index contributed by atoms with van der Waals surface area (Å²) in [6, 6.07) is -0.770. The van der Waals surface area contributed by atoms with Gasteiger partial charge in [-0.05, 0) is 39.5 Å². The van der Waals surface area contributed by atoms with Gasteiger partial charge in [0.2, 0.25) is 0 Å². The summed E-state index contributed by atoms with van der Waals surface area (Å²) in [5.41, 5.74) is -0.497. The lowest BCUT2D eigenvalue weighted by Gasteiger charge is -2.45. The lowest BCUT2D eigenvalue weighted by Crippen LogP contribution is -2.62. The van der Waals surface area contributed by atoms with E-state index >= 15 is 0 Å². The molecule has 0 bridgehead atoms. The van der Waals surface area contributed by atoms with Crippen molar-refractivity contribution in [3.05, 3.63) is 12.2 Å². The highest BCUT2D eigenvalue weighted by Crippen LogP contribution is 2.38. The maximum Gasteiger partial charge on any atom is 0.255 e. The van der Waals surface area contributed by atoms with Crippen LogP contribution in [0.5, 0.6) is 0 Å². The van der Waals surface area contributed by atoms with Crippen LogP contribution in [0.25, 0.3) is 0 Å². The molecular weight excluding hydrogens is 350 g/mol. The predicted molar refractivity (Wildman–Crippen MR) is 103 cm³/mol. The summed E-state index contributed by atoms with van der Waals surface area (Å²) in [6.07, 6.45) is 8.99. The highest BCUT2D eigenvalue weighted by Gasteiger charge is 2.56. The molecule has 2 fully saturated rings. The van der Waals surface area contributed by atoms with E-state index in [1.165, 1.54) is 10.7 Å². The van der Waals surface area contributed by atoms with Crippen LogP contribution in [-0.4, -0.2) is 72.6 Å². The highest BCUT2D eigenvalue weighted by atomic mass is 32.2. The van der Waals surface area contributed by atoms with E-state index in [4.69, 9.17) is 0 Å². The van der Waals surface area contributed by atoms with Crippen LogP contribution in [0.15, 0.2) is 12.2 Å². The van der Waals surface area contributed by atoms with Crippen LogP contribution in [0.3, 0.4) is 0 Å². The number of amides is 1. The largest absolute Gasteiger partial charge is 0.391 e. The second-order valence-electron chi connectivity index (χ2n) is 8.98. The Balaban J connectivity index is 1.92. The summed E-state index contributed by atoms with van der Waals surface area (Å²) in [5, 5.41) is 14.6. The molecule has 2 aliphatic heterocycles. The first-order valence-electron chi connectivity index (χ1n) is 9.71. The molecule has 1 unspecified atom stereocenters. The Labute approximate surface area is 159 Å². The summed E-state index contributed by atoms with van der Waals surface area (Å²) in [6.45, 7) is 5.74. The van der Waals surface area contributed by atoms with E-state index in [2.05, 4.69) is 0 Å². The van der Waals surface area contributed by atoms with Gasteiger partial charge in [0.15, 0.2) is 0 Å². The Hall–Kier alpha value is -0.760. The van der Waals surface area contributed by atoms with E-state index in [0.29, 0.717) is 0 Å². The van der Waals surface area contributed by atoms with E-state index in [9.17, 15) is 14.1 Å². The third kappa shape index (κ3) is 3.39. The molecule has 1 aliphatic carbocycles. The molecule has 0 radical (unpaired) electrons. The number of aliphatic hydroxyl groups is 1. The Morgan fingerprint density at radius 2 is 1.81 bits per heavy atom. The molecule has 0 aromatic heterocycles. The number of aliphatic hydroxyl groups excluding tert-OH is 1. The maximum atomic E-state index is 13.2. The molecule has 1 saturated carbocycles. The average Bonchev–Trinajstić information content (AvgIpc) is 2.85. The molecule has 26 heavy (non-hydrogen) atoms. The van der Waals surface area contributed by atoms with Crippen LogP contribution in [0, 0.1) is 5.92 Å². The molecule has 7 heteroatoms. The third-order valence-corrected chi connectivity index (χ3v) is 7.79. The summed E-state index contributed by atoms with van der Waals surface area (Å²) in [7, 11) is 2.39. The van der Waals surface area contributed by atoms with Gasteiger partial charge in [-0.1, -0.05) is 31.4 Å². The minimum atomic E-state index is -1.40. The van der Waals surface area contributed by atoms with Crippen molar-refractivity contribution in [2.75, 3.05) is 14.1 Å². The molecule has 1 saturated heterocycles. The van der Waals surface area contributed by atoms with Crippen LogP contribution in [0.4, 0.5) is 0 Å². The number of hydrogen-bond acceptors (Lipinski definition) is 5. The fourth-order valence-corrected chi connectivity index (χ4v) is 6.41. The van der Waals surface area contributed by atoms with Crippen LogP contribution < -0.4 is 0 Å². The molecule has 0 aromatic rings. The normalized spacial score (nSPS) is 35.2. The molecule has 148 valence electrons. The fraction of sp³-hybridized carbons (Fsp3) is 0.842. The Morgan fingerprint density at radius 1 is 1.19 bits per heavy atom. The van der Waals surface area contributed by atoms with Crippen molar-refractivity contribution in [2.24, 2.45) is 5.92 Å². The number of rotatable bonds is 3. The summed E-state index contributed by atoms with van der Waals surface area (Å²) >= 11 is 0. The van der Waals surface area contributed by atoms with Gasteiger partial charge >= 0.3 is 0 Å². The number of carbonyl (C=O) groups is 1. The number of hydrogen-bond donors (Lipinski definition) is 1. The molecule has 0 aromatic carbocycles. The first-order chi connectivity index (χ1) is 12.1. The Morgan fingerprint density at radius 3 is 2.35 bits per heavy atom. The standard InChI is InChI=1S/C19H33N3O3S/c1-19(2,3)22-18(24)16-15(26(22)25)12-11-14(21(16)20(4)5)17(23)13-9-7-6-8-10-13/h11-17,23H,6-10H2,1-5H3/t14-,15+,16-,17-,26?/m1/s1. The van der Waals surface area contributed by atoms with Gasteiger partial charge in [0.25, 0.3) is 5.91 Å². The second-order valence-corrected chi connectivity index (χ2v) is 10.4. The Kier molecular flexibility index (Phi) is 5.64. The molecule has 3 rings (SSSR count). The van der Waals surface area contributed by atoms with Crippen LogP contribution in [0.1, 0.15) is 52.9 Å². The van der Waals surface area contributed by atoms with E-state index in [1.54, 1.807) is 0 Å². The van der Waals surface area contributed by atoms with Gasteiger partial charge in [0.05, 0.1) is 17.4 Å². The first-order valence-corrected chi connectivity index (χ1v) is 10.9. The SMILES string of the molecule is CN(C)N1[C@@H]([C@H](O)C2CCCCC2)C=C[C@H]2[C@@H]1C(=O)N(C(C)(C)C)S2=O. The Bertz CT molecular complexity index is 595. The fourth-order valence-electron chi connectivity index (χ4n) is 4.66. The van der Waals surface area contributed by atoms with Crippen LogP contribution in [-0.2, 0) is 15.8 Å². The van der Waals surface area contributed by atoms with Gasteiger partial charge in [0.1, 0.15) is 17.0 Å². The molecule has 2 heterocycles. The molecule has 6 nitrogen and oxygen atoms in total. The van der Waals surface area contributed by atoms with Crippen molar-refractivity contribution >= 4 is 16.9 Å². The zero-order chi connectivity index (χ0) is 19.2. The number of fused-ring (bicyclic) bond motifs is 1.